The van der Waals surface area contributed by atoms with E-state index in [-0.39, 0.29) is 22.4 Å². The lowest BCUT2D eigenvalue weighted by Gasteiger charge is -2.45. The molecule has 0 amide bonds. The van der Waals surface area contributed by atoms with Crippen molar-refractivity contribution in [2.24, 2.45) is 0 Å². The fourth-order valence-corrected chi connectivity index (χ4v) is 10.9. The number of ether oxygens (including phenoxy) is 4. The minimum Gasteiger partial charge on any atom is -0.349 e. The van der Waals surface area contributed by atoms with Gasteiger partial charge in [-0.25, -0.2) is 0 Å². The Balaban J connectivity index is 5.58. The van der Waals surface area contributed by atoms with Gasteiger partial charge in [0.2, 0.25) is 0 Å². The molecule has 0 atom stereocenters. The monoisotopic (exact) mass is 490 g/mol. The highest BCUT2D eigenvalue weighted by Crippen LogP contribution is 2.34. The van der Waals surface area contributed by atoms with E-state index < -0.39 is 29.9 Å². The second-order valence-corrected chi connectivity index (χ2v) is 18.0. The van der Waals surface area contributed by atoms with Crippen LogP contribution in [0.5, 0.6) is 0 Å². The van der Waals surface area contributed by atoms with Gasteiger partial charge >= 0.3 is 0 Å². The molecule has 4 nitrogen and oxygen atoms in total. The van der Waals surface area contributed by atoms with Crippen LogP contribution < -0.4 is 0 Å². The Kier molecular flexibility index (Phi) is 12.4. The molecule has 0 bridgehead atoms. The Labute approximate surface area is 205 Å². The molecule has 0 saturated heterocycles. The molecule has 0 spiro atoms. The van der Waals surface area contributed by atoms with Gasteiger partial charge in [0.25, 0.3) is 0 Å². The molecule has 0 aliphatic rings. The van der Waals surface area contributed by atoms with Crippen LogP contribution in [0.2, 0.25) is 12.1 Å². The van der Waals surface area contributed by atoms with E-state index >= 15 is 0 Å². The first-order valence-electron chi connectivity index (χ1n) is 13.0. The molecule has 0 fully saturated rings. The van der Waals surface area contributed by atoms with Crippen LogP contribution in [-0.2, 0) is 18.9 Å². The summed E-state index contributed by atoms with van der Waals surface area (Å²) in [5, 5.41) is 0. The van der Waals surface area contributed by atoms with Crippen LogP contribution in [0.4, 0.5) is 0 Å². The van der Waals surface area contributed by atoms with Gasteiger partial charge in [0.05, 0.1) is 41.4 Å². The van der Waals surface area contributed by atoms with Crippen molar-refractivity contribution in [2.45, 2.75) is 168 Å². The zero-order chi connectivity index (χ0) is 25.5. The second-order valence-electron chi connectivity index (χ2n) is 13.4. The lowest BCUT2D eigenvalue weighted by molar-refractivity contribution is -0.269. The Morgan fingerprint density at radius 3 is 0.812 bits per heavy atom. The van der Waals surface area contributed by atoms with E-state index in [1.165, 1.54) is 12.1 Å². The van der Waals surface area contributed by atoms with Gasteiger partial charge in [0.1, 0.15) is 10.8 Å². The van der Waals surface area contributed by atoms with Gasteiger partial charge in [-0.2, -0.15) is 0 Å². The summed E-state index contributed by atoms with van der Waals surface area (Å²) in [7, 11) is -1.28. The lowest BCUT2D eigenvalue weighted by Crippen LogP contribution is -2.52. The SMILES string of the molecule is CCCC(OC(C)(C)C)(OC(C)(C)C)[SiH2]CC[SiH2]C(CCC)(OC(C)(C)C)OC(C)(C)C. The van der Waals surface area contributed by atoms with Crippen LogP contribution in [0.25, 0.3) is 0 Å². The Bertz CT molecular complexity index is 442. The Morgan fingerprint density at radius 1 is 0.438 bits per heavy atom. The number of hydrogen-bond acceptors (Lipinski definition) is 4. The highest BCUT2D eigenvalue weighted by Gasteiger charge is 2.41. The molecule has 0 rings (SSSR count). The summed E-state index contributed by atoms with van der Waals surface area (Å²) < 4.78 is 26.7. The van der Waals surface area contributed by atoms with E-state index in [2.05, 4.69) is 96.9 Å². The first kappa shape index (κ1) is 32.3. The van der Waals surface area contributed by atoms with E-state index in [4.69, 9.17) is 18.9 Å². The van der Waals surface area contributed by atoms with Crippen molar-refractivity contribution in [1.82, 2.24) is 0 Å². The van der Waals surface area contributed by atoms with Crippen molar-refractivity contribution in [2.75, 3.05) is 0 Å². The van der Waals surface area contributed by atoms with Crippen molar-refractivity contribution in [3.8, 4) is 0 Å². The van der Waals surface area contributed by atoms with Crippen LogP contribution in [0.1, 0.15) is 123 Å². The standard InChI is InChI=1S/C26H58O4Si2/c1-15-17-25(27-21(3,4)5,28-22(6,7)8)31-19-20-32-26(18-16-2,29-23(9,10)11)30-24(12,13)14/h15-20,31-32H2,1-14H3. The highest BCUT2D eigenvalue weighted by molar-refractivity contribution is 6.45. The summed E-state index contributed by atoms with van der Waals surface area (Å²) in [5.41, 5.74) is -1.71. The lowest BCUT2D eigenvalue weighted by atomic mass is 10.1. The topological polar surface area (TPSA) is 36.9 Å². The fourth-order valence-electron chi connectivity index (χ4n) is 4.48. The predicted octanol–water partition coefficient (Wildman–Crippen LogP) is 6.33. The van der Waals surface area contributed by atoms with Crippen molar-refractivity contribution < 1.29 is 18.9 Å². The van der Waals surface area contributed by atoms with Crippen LogP contribution in [-0.4, -0.2) is 52.3 Å². The molecule has 0 aliphatic carbocycles. The third-order valence-corrected chi connectivity index (χ3v) is 10.1. The molecule has 6 heteroatoms. The van der Waals surface area contributed by atoms with Gasteiger partial charge in [-0.05, 0) is 95.9 Å². The van der Waals surface area contributed by atoms with Crippen LogP contribution in [0.15, 0.2) is 0 Å². The largest absolute Gasteiger partial charge is 0.349 e. The summed E-state index contributed by atoms with van der Waals surface area (Å²) >= 11 is 0. The summed E-state index contributed by atoms with van der Waals surface area (Å²) in [6, 6.07) is 2.40. The molecular formula is C26H58O4Si2. The third-order valence-electron chi connectivity index (χ3n) is 4.60. The summed E-state index contributed by atoms with van der Waals surface area (Å²) in [6.07, 6.45) is 4.06. The maximum Gasteiger partial charge on any atom is 0.146 e. The number of rotatable bonds is 13. The molecule has 0 saturated carbocycles. The second kappa shape index (κ2) is 12.3. The summed E-state index contributed by atoms with van der Waals surface area (Å²) in [6.45, 7) is 30.2. The molecule has 194 valence electrons. The smallest absolute Gasteiger partial charge is 0.146 e. The Morgan fingerprint density at radius 2 is 0.656 bits per heavy atom. The quantitative estimate of drug-likeness (QED) is 0.172. The van der Waals surface area contributed by atoms with Crippen LogP contribution in [0.3, 0.4) is 0 Å². The minimum atomic E-state index is -0.640. The molecule has 0 aromatic rings. The van der Waals surface area contributed by atoms with Gasteiger partial charge in [-0.15, -0.1) is 0 Å². The van der Waals surface area contributed by atoms with Gasteiger partial charge < -0.3 is 18.9 Å². The fraction of sp³-hybridized carbons (Fsp3) is 1.00. The maximum atomic E-state index is 6.68. The summed E-state index contributed by atoms with van der Waals surface area (Å²) in [5.74, 6) is 0. The third kappa shape index (κ3) is 15.2. The average Bonchev–Trinajstić information content (AvgIpc) is 2.45. The molecule has 32 heavy (non-hydrogen) atoms. The molecule has 0 heterocycles. The zero-order valence-corrected chi connectivity index (χ0v) is 27.1. The van der Waals surface area contributed by atoms with Crippen LogP contribution >= 0.6 is 0 Å². The van der Waals surface area contributed by atoms with Crippen molar-refractivity contribution >= 4 is 19.0 Å². The summed E-state index contributed by atoms with van der Waals surface area (Å²) in [4.78, 5) is 0. The molecule has 0 aromatic heterocycles. The molecule has 0 aliphatic heterocycles. The van der Waals surface area contributed by atoms with Crippen LogP contribution in [0, 0.1) is 0 Å². The van der Waals surface area contributed by atoms with E-state index in [1.54, 1.807) is 0 Å². The molecule has 0 radical (unpaired) electrons. The normalized spacial score (nSPS) is 15.6. The first-order valence-corrected chi connectivity index (χ1v) is 16.4. The van der Waals surface area contributed by atoms with E-state index in [9.17, 15) is 0 Å². The van der Waals surface area contributed by atoms with E-state index in [0.29, 0.717) is 0 Å². The number of hydrogen-bond donors (Lipinski definition) is 0. The molecule has 0 aromatic carbocycles. The minimum absolute atomic E-state index is 0.221. The zero-order valence-electron chi connectivity index (χ0n) is 24.3. The van der Waals surface area contributed by atoms with Crippen molar-refractivity contribution in [1.29, 1.82) is 0 Å². The first-order chi connectivity index (χ1) is 14.2. The maximum absolute atomic E-state index is 6.68. The molecular weight excluding hydrogens is 432 g/mol. The van der Waals surface area contributed by atoms with Crippen molar-refractivity contribution in [3.05, 3.63) is 0 Å². The highest BCUT2D eigenvalue weighted by atomic mass is 28.2. The molecule has 0 N–H and O–H groups in total. The Hall–Kier alpha value is 0.274. The van der Waals surface area contributed by atoms with Crippen molar-refractivity contribution in [3.63, 3.8) is 0 Å². The molecule has 0 unspecified atom stereocenters. The van der Waals surface area contributed by atoms with Gasteiger partial charge in [0.15, 0.2) is 0 Å². The van der Waals surface area contributed by atoms with E-state index in [1.807, 2.05) is 0 Å². The van der Waals surface area contributed by atoms with Gasteiger partial charge in [0, 0.05) is 0 Å². The van der Waals surface area contributed by atoms with Gasteiger partial charge in [-0.1, -0.05) is 38.8 Å². The average molecular weight is 491 g/mol. The van der Waals surface area contributed by atoms with E-state index in [0.717, 1.165) is 25.7 Å². The predicted molar refractivity (Wildman–Crippen MR) is 145 cm³/mol. The van der Waals surface area contributed by atoms with Gasteiger partial charge in [-0.3, -0.25) is 0 Å².